The first-order chi connectivity index (χ1) is 21.5. The lowest BCUT2D eigenvalue weighted by Crippen LogP contribution is -2.52. The minimum Gasteiger partial charge on any atom is -0.394 e. The molecule has 0 spiro atoms. The van der Waals surface area contributed by atoms with Crippen LogP contribution in [0.2, 0.25) is 0 Å². The highest BCUT2D eigenvalue weighted by Gasteiger charge is 2.28. The standard InChI is InChI=1S/C38H67NO5/c1-3-5-7-9-11-13-15-17-18-19-20-22-23-25-27-29-31-35(41)37(43)34(33-40)39-38(44)36(42)32-30-28-26-24-21-16-14-12-10-8-6-4-2/h11,13,18-19,21,23-25,28,30,34-37,40-43H,3-10,12,14-17,20,22,26-27,29,31-33H2,1-2H3,(H,39,44)/b13-11+,19-18+,24-21-,25-23+,30-28-. The maximum Gasteiger partial charge on any atom is 0.249 e. The predicted molar refractivity (Wildman–Crippen MR) is 186 cm³/mol. The van der Waals surface area contributed by atoms with Gasteiger partial charge in [-0.2, -0.15) is 0 Å². The Bertz CT molecular complexity index is 788. The molecule has 0 aromatic rings. The fraction of sp³-hybridized carbons (Fsp3) is 0.711. The summed E-state index contributed by atoms with van der Waals surface area (Å²) in [4.78, 5) is 12.4. The second-order valence-corrected chi connectivity index (χ2v) is 11.8. The van der Waals surface area contributed by atoms with Crippen molar-refractivity contribution in [1.29, 1.82) is 0 Å². The summed E-state index contributed by atoms with van der Waals surface area (Å²) in [5.41, 5.74) is 0. The first kappa shape index (κ1) is 42.0. The van der Waals surface area contributed by atoms with Crippen molar-refractivity contribution in [2.24, 2.45) is 0 Å². The number of allylic oxidation sites excluding steroid dienone is 9. The van der Waals surface area contributed by atoms with E-state index in [1.165, 1.54) is 64.2 Å². The molecular formula is C38H67NO5. The molecule has 6 heteroatoms. The summed E-state index contributed by atoms with van der Waals surface area (Å²) in [7, 11) is 0. The van der Waals surface area contributed by atoms with E-state index < -0.39 is 36.9 Å². The third-order valence-electron chi connectivity index (χ3n) is 7.67. The van der Waals surface area contributed by atoms with Crippen molar-refractivity contribution >= 4 is 5.91 Å². The lowest BCUT2D eigenvalue weighted by atomic mass is 10.0. The quantitative estimate of drug-likeness (QED) is 0.0413. The molecule has 0 rings (SSSR count). The number of aliphatic hydroxyl groups excluding tert-OH is 4. The summed E-state index contributed by atoms with van der Waals surface area (Å²) in [5.74, 6) is -0.672. The Hall–Kier alpha value is -1.99. The van der Waals surface area contributed by atoms with Crippen LogP contribution in [0.5, 0.6) is 0 Å². The van der Waals surface area contributed by atoms with Gasteiger partial charge in [0, 0.05) is 6.42 Å². The van der Waals surface area contributed by atoms with Gasteiger partial charge in [-0.1, -0.05) is 120 Å². The van der Waals surface area contributed by atoms with E-state index >= 15 is 0 Å². The van der Waals surface area contributed by atoms with Crippen molar-refractivity contribution in [1.82, 2.24) is 5.32 Å². The van der Waals surface area contributed by atoms with Crippen molar-refractivity contribution in [3.05, 3.63) is 60.8 Å². The van der Waals surface area contributed by atoms with Crippen LogP contribution < -0.4 is 5.32 Å². The average molecular weight is 618 g/mol. The van der Waals surface area contributed by atoms with Crippen LogP contribution in [0.1, 0.15) is 142 Å². The second kappa shape index (κ2) is 32.4. The number of carbonyl (C=O) groups is 1. The molecule has 0 saturated heterocycles. The average Bonchev–Trinajstić information content (AvgIpc) is 3.03. The number of carbonyl (C=O) groups excluding carboxylic acids is 1. The van der Waals surface area contributed by atoms with Crippen LogP contribution in [0.25, 0.3) is 0 Å². The highest BCUT2D eigenvalue weighted by atomic mass is 16.3. The molecule has 0 heterocycles. The zero-order valence-corrected chi connectivity index (χ0v) is 28.1. The SMILES string of the molecule is CCCCC/C=C/CC/C=C/CC/C=C/CCCC(O)C(O)C(CO)NC(=O)C(O)C/C=C\C/C=C\CCCCCCCC. The number of unbranched alkanes of at least 4 members (excludes halogenated alkanes) is 12. The lowest BCUT2D eigenvalue weighted by molar-refractivity contribution is -0.132. The predicted octanol–water partition coefficient (Wildman–Crippen LogP) is 8.17. The van der Waals surface area contributed by atoms with E-state index in [-0.39, 0.29) is 6.42 Å². The van der Waals surface area contributed by atoms with E-state index in [0.29, 0.717) is 12.8 Å². The largest absolute Gasteiger partial charge is 0.394 e. The summed E-state index contributed by atoms with van der Waals surface area (Å²) in [6, 6.07) is -1.04. The van der Waals surface area contributed by atoms with Gasteiger partial charge in [-0.3, -0.25) is 4.79 Å². The van der Waals surface area contributed by atoms with E-state index in [1.807, 2.05) is 6.08 Å². The van der Waals surface area contributed by atoms with Gasteiger partial charge in [-0.15, -0.1) is 0 Å². The normalized spacial score (nSPS) is 15.3. The van der Waals surface area contributed by atoms with Crippen LogP contribution in [0.15, 0.2) is 60.8 Å². The summed E-state index contributed by atoms with van der Waals surface area (Å²) in [6.07, 6.45) is 38.3. The molecule has 0 aromatic heterocycles. The Morgan fingerprint density at radius 1 is 0.591 bits per heavy atom. The van der Waals surface area contributed by atoms with Gasteiger partial charge in [0.1, 0.15) is 12.2 Å². The van der Waals surface area contributed by atoms with Crippen molar-refractivity contribution in [3.8, 4) is 0 Å². The first-order valence-corrected chi connectivity index (χ1v) is 17.7. The Morgan fingerprint density at radius 2 is 1.05 bits per heavy atom. The van der Waals surface area contributed by atoms with Crippen molar-refractivity contribution < 1.29 is 25.2 Å². The Balaban J connectivity index is 4.05. The van der Waals surface area contributed by atoms with Crippen molar-refractivity contribution in [3.63, 3.8) is 0 Å². The van der Waals surface area contributed by atoms with Crippen molar-refractivity contribution in [2.75, 3.05) is 6.61 Å². The summed E-state index contributed by atoms with van der Waals surface area (Å²) >= 11 is 0. The smallest absolute Gasteiger partial charge is 0.249 e. The van der Waals surface area contributed by atoms with Gasteiger partial charge >= 0.3 is 0 Å². The molecule has 5 N–H and O–H groups in total. The molecule has 0 bridgehead atoms. The Labute approximate surface area is 270 Å². The summed E-state index contributed by atoms with van der Waals surface area (Å²) < 4.78 is 0. The Kier molecular flexibility index (Phi) is 30.9. The molecule has 0 aliphatic carbocycles. The maximum absolute atomic E-state index is 12.4. The van der Waals surface area contributed by atoms with E-state index in [2.05, 4.69) is 67.8 Å². The molecule has 0 saturated carbocycles. The number of nitrogens with one attached hydrogen (secondary N) is 1. The maximum atomic E-state index is 12.4. The molecule has 0 radical (unpaired) electrons. The van der Waals surface area contributed by atoms with Crippen LogP contribution in [0, 0.1) is 0 Å². The molecule has 1 amide bonds. The van der Waals surface area contributed by atoms with E-state index in [9.17, 15) is 25.2 Å². The minimum atomic E-state index is -1.32. The molecule has 0 aromatic carbocycles. The van der Waals surface area contributed by atoms with Crippen LogP contribution in [0.3, 0.4) is 0 Å². The van der Waals surface area contributed by atoms with Crippen LogP contribution in [-0.2, 0) is 4.79 Å². The molecule has 4 atom stereocenters. The lowest BCUT2D eigenvalue weighted by Gasteiger charge is -2.27. The number of rotatable bonds is 30. The number of hydrogen-bond acceptors (Lipinski definition) is 5. The monoisotopic (exact) mass is 618 g/mol. The highest BCUT2D eigenvalue weighted by molar-refractivity contribution is 5.81. The molecule has 44 heavy (non-hydrogen) atoms. The third-order valence-corrected chi connectivity index (χ3v) is 7.67. The van der Waals surface area contributed by atoms with Gasteiger partial charge in [0.15, 0.2) is 0 Å². The number of hydrogen-bond donors (Lipinski definition) is 5. The van der Waals surface area contributed by atoms with Crippen LogP contribution in [-0.4, -0.2) is 57.3 Å². The fourth-order valence-electron chi connectivity index (χ4n) is 4.77. The highest BCUT2D eigenvalue weighted by Crippen LogP contribution is 2.11. The first-order valence-electron chi connectivity index (χ1n) is 17.7. The molecular weight excluding hydrogens is 550 g/mol. The van der Waals surface area contributed by atoms with Gasteiger partial charge in [-0.25, -0.2) is 0 Å². The van der Waals surface area contributed by atoms with Gasteiger partial charge < -0.3 is 25.7 Å². The topological polar surface area (TPSA) is 110 Å². The van der Waals surface area contributed by atoms with Crippen molar-refractivity contribution in [2.45, 2.75) is 167 Å². The molecule has 6 nitrogen and oxygen atoms in total. The van der Waals surface area contributed by atoms with Gasteiger partial charge in [0.05, 0.1) is 18.8 Å². The van der Waals surface area contributed by atoms with Gasteiger partial charge in [0.2, 0.25) is 5.91 Å². The van der Waals surface area contributed by atoms with Crippen LogP contribution >= 0.6 is 0 Å². The number of amides is 1. The van der Waals surface area contributed by atoms with E-state index in [4.69, 9.17) is 0 Å². The number of aliphatic hydroxyl groups is 4. The summed E-state index contributed by atoms with van der Waals surface area (Å²) in [6.45, 7) is 3.92. The third kappa shape index (κ3) is 26.4. The second-order valence-electron chi connectivity index (χ2n) is 11.8. The zero-order valence-electron chi connectivity index (χ0n) is 28.1. The molecule has 4 unspecified atom stereocenters. The molecule has 254 valence electrons. The van der Waals surface area contributed by atoms with E-state index in [0.717, 1.165) is 44.9 Å². The summed E-state index contributed by atoms with van der Waals surface area (Å²) in [5, 5.41) is 43.2. The minimum absolute atomic E-state index is 0.145. The molecule has 0 aliphatic heterocycles. The van der Waals surface area contributed by atoms with Gasteiger partial charge in [-0.05, 0) is 77.0 Å². The molecule has 0 fully saturated rings. The van der Waals surface area contributed by atoms with E-state index in [1.54, 1.807) is 6.08 Å². The van der Waals surface area contributed by atoms with Crippen LogP contribution in [0.4, 0.5) is 0 Å². The Morgan fingerprint density at radius 3 is 1.64 bits per heavy atom. The van der Waals surface area contributed by atoms with Gasteiger partial charge in [0.25, 0.3) is 0 Å². The molecule has 0 aliphatic rings. The fourth-order valence-corrected chi connectivity index (χ4v) is 4.77. The zero-order chi connectivity index (χ0) is 32.5.